The maximum Gasteiger partial charge on any atom is 0.309 e. The van der Waals surface area contributed by atoms with Gasteiger partial charge in [0.25, 0.3) is 0 Å². The van der Waals surface area contributed by atoms with Gasteiger partial charge >= 0.3 is 11.8 Å². The zero-order valence-corrected chi connectivity index (χ0v) is 16.5. The number of likely N-dealkylation sites (N-methyl/N-ethyl adjacent to an activating group) is 1. The second-order valence-electron chi connectivity index (χ2n) is 7.93. The summed E-state index contributed by atoms with van der Waals surface area (Å²) in [7, 11) is 2.13. The largest absolute Gasteiger partial charge is 0.346 e. The molecule has 0 bridgehead atoms. The van der Waals surface area contributed by atoms with Crippen LogP contribution >= 0.6 is 0 Å². The van der Waals surface area contributed by atoms with E-state index in [0.29, 0.717) is 6.54 Å². The Balaban J connectivity index is 1.61. The van der Waals surface area contributed by atoms with Crippen LogP contribution in [0.25, 0.3) is 0 Å². The van der Waals surface area contributed by atoms with Crippen molar-refractivity contribution < 1.29 is 9.59 Å². The summed E-state index contributed by atoms with van der Waals surface area (Å²) >= 11 is 0. The minimum absolute atomic E-state index is 0.0857. The van der Waals surface area contributed by atoms with Gasteiger partial charge in [-0.05, 0) is 32.4 Å². The van der Waals surface area contributed by atoms with E-state index >= 15 is 0 Å². The standard InChI is InChI=1S/C21H32N4O2/c1-16-7-9-17(10-8-16)19(25-13-11-24(2)12-14-25)15-22-20(26)21(27)23-18-5-3-4-6-18/h7-10,18-19H,3-6,11-15H2,1-2H3,(H,22,26)(H,23,27). The molecule has 0 aromatic heterocycles. The normalized spacial score (nSPS) is 20.4. The van der Waals surface area contributed by atoms with Crippen molar-refractivity contribution in [3.05, 3.63) is 35.4 Å². The molecule has 2 fully saturated rings. The molecule has 1 unspecified atom stereocenters. The lowest BCUT2D eigenvalue weighted by atomic mass is 10.0. The Morgan fingerprint density at radius 2 is 1.67 bits per heavy atom. The highest BCUT2D eigenvalue weighted by Crippen LogP contribution is 2.22. The van der Waals surface area contributed by atoms with Gasteiger partial charge in [0, 0.05) is 38.8 Å². The lowest BCUT2D eigenvalue weighted by molar-refractivity contribution is -0.139. The molecule has 0 radical (unpaired) electrons. The quantitative estimate of drug-likeness (QED) is 0.768. The van der Waals surface area contributed by atoms with Gasteiger partial charge < -0.3 is 15.5 Å². The van der Waals surface area contributed by atoms with Crippen LogP contribution in [0.2, 0.25) is 0 Å². The highest BCUT2D eigenvalue weighted by molar-refractivity contribution is 6.35. The second-order valence-corrected chi connectivity index (χ2v) is 7.93. The van der Waals surface area contributed by atoms with E-state index in [4.69, 9.17) is 0 Å². The number of hydrogen-bond acceptors (Lipinski definition) is 4. The SMILES string of the molecule is Cc1ccc(C(CNC(=O)C(=O)NC2CCCC2)N2CCN(C)CC2)cc1. The van der Waals surface area contributed by atoms with E-state index in [-0.39, 0.29) is 12.1 Å². The van der Waals surface area contributed by atoms with Gasteiger partial charge in [-0.25, -0.2) is 0 Å². The number of benzene rings is 1. The zero-order valence-electron chi connectivity index (χ0n) is 16.5. The number of piperazine rings is 1. The van der Waals surface area contributed by atoms with Gasteiger partial charge in [-0.2, -0.15) is 0 Å². The molecule has 2 N–H and O–H groups in total. The molecule has 1 aliphatic heterocycles. The molecule has 1 aromatic rings. The summed E-state index contributed by atoms with van der Waals surface area (Å²) in [5, 5.41) is 5.74. The van der Waals surface area contributed by atoms with Crippen LogP contribution in [0.3, 0.4) is 0 Å². The maximum absolute atomic E-state index is 12.3. The van der Waals surface area contributed by atoms with E-state index < -0.39 is 11.8 Å². The number of nitrogens with one attached hydrogen (secondary N) is 2. The first kappa shape index (κ1) is 19.8. The highest BCUT2D eigenvalue weighted by atomic mass is 16.2. The monoisotopic (exact) mass is 372 g/mol. The molecule has 6 nitrogen and oxygen atoms in total. The molecule has 1 saturated heterocycles. The molecule has 148 valence electrons. The summed E-state index contributed by atoms with van der Waals surface area (Å²) in [6.07, 6.45) is 4.22. The minimum atomic E-state index is -0.520. The molecule has 1 atom stereocenters. The predicted molar refractivity (Wildman–Crippen MR) is 106 cm³/mol. The molecule has 3 rings (SSSR count). The number of amides is 2. The fourth-order valence-electron chi connectivity index (χ4n) is 3.97. The van der Waals surface area contributed by atoms with Crippen molar-refractivity contribution in [2.24, 2.45) is 0 Å². The summed E-state index contributed by atoms with van der Waals surface area (Å²) < 4.78 is 0. The van der Waals surface area contributed by atoms with Gasteiger partial charge in [0.2, 0.25) is 0 Å². The minimum Gasteiger partial charge on any atom is -0.346 e. The van der Waals surface area contributed by atoms with Gasteiger partial charge in [-0.15, -0.1) is 0 Å². The predicted octanol–water partition coefficient (Wildman–Crippen LogP) is 1.46. The number of hydrogen-bond donors (Lipinski definition) is 2. The van der Waals surface area contributed by atoms with Crippen LogP contribution in [0, 0.1) is 6.92 Å². The number of aryl methyl sites for hydroxylation is 1. The summed E-state index contributed by atoms with van der Waals surface area (Å²) in [5.74, 6) is -1.02. The van der Waals surface area contributed by atoms with Crippen LogP contribution in [-0.4, -0.2) is 67.4 Å². The van der Waals surface area contributed by atoms with E-state index in [2.05, 4.69) is 58.7 Å². The Labute approximate surface area is 162 Å². The Bertz CT molecular complexity index is 632. The average Bonchev–Trinajstić information content (AvgIpc) is 3.17. The van der Waals surface area contributed by atoms with Crippen molar-refractivity contribution in [3.63, 3.8) is 0 Å². The molecule has 2 aliphatic rings. The molecule has 0 spiro atoms. The molecule has 1 heterocycles. The van der Waals surface area contributed by atoms with Crippen molar-refractivity contribution in [2.75, 3.05) is 39.8 Å². The molecule has 2 amide bonds. The Morgan fingerprint density at radius 1 is 1.04 bits per heavy atom. The first-order valence-corrected chi connectivity index (χ1v) is 10.1. The van der Waals surface area contributed by atoms with Crippen LogP contribution in [0.4, 0.5) is 0 Å². The van der Waals surface area contributed by atoms with Gasteiger partial charge in [0.15, 0.2) is 0 Å². The van der Waals surface area contributed by atoms with Gasteiger partial charge in [-0.1, -0.05) is 42.7 Å². The molecule has 1 aliphatic carbocycles. The lowest BCUT2D eigenvalue weighted by Gasteiger charge is -2.38. The molecular formula is C21H32N4O2. The van der Waals surface area contributed by atoms with E-state index in [9.17, 15) is 9.59 Å². The summed E-state index contributed by atoms with van der Waals surface area (Å²) in [6, 6.07) is 8.71. The van der Waals surface area contributed by atoms with Crippen LogP contribution < -0.4 is 10.6 Å². The van der Waals surface area contributed by atoms with E-state index in [1.807, 2.05) is 0 Å². The second kappa shape index (κ2) is 9.33. The number of rotatable bonds is 5. The van der Waals surface area contributed by atoms with Crippen LogP contribution in [0.1, 0.15) is 42.9 Å². The number of nitrogens with zero attached hydrogens (tertiary/aromatic N) is 2. The van der Waals surface area contributed by atoms with Crippen LogP contribution in [-0.2, 0) is 9.59 Å². The van der Waals surface area contributed by atoms with Gasteiger partial charge in [0.05, 0.1) is 6.04 Å². The number of carbonyl (C=O) groups excluding carboxylic acids is 2. The first-order chi connectivity index (χ1) is 13.0. The van der Waals surface area contributed by atoms with Crippen molar-refractivity contribution in [3.8, 4) is 0 Å². The third-order valence-corrected chi connectivity index (χ3v) is 5.79. The van der Waals surface area contributed by atoms with Gasteiger partial charge in [0.1, 0.15) is 0 Å². The third-order valence-electron chi connectivity index (χ3n) is 5.79. The smallest absolute Gasteiger partial charge is 0.309 e. The fraction of sp³-hybridized carbons (Fsp3) is 0.619. The molecule has 1 aromatic carbocycles. The Morgan fingerprint density at radius 3 is 2.30 bits per heavy atom. The van der Waals surface area contributed by atoms with Crippen molar-refractivity contribution in [1.29, 1.82) is 0 Å². The topological polar surface area (TPSA) is 64.7 Å². The average molecular weight is 373 g/mol. The Kier molecular flexibility index (Phi) is 6.85. The van der Waals surface area contributed by atoms with E-state index in [1.54, 1.807) is 0 Å². The third kappa shape index (κ3) is 5.53. The fourth-order valence-corrected chi connectivity index (χ4v) is 3.97. The zero-order chi connectivity index (χ0) is 19.2. The summed E-state index contributed by atoms with van der Waals surface area (Å²) in [4.78, 5) is 29.2. The maximum atomic E-state index is 12.3. The number of carbonyl (C=O) groups is 2. The summed E-state index contributed by atoms with van der Waals surface area (Å²) in [5.41, 5.74) is 2.40. The Hall–Kier alpha value is -1.92. The molecule has 1 saturated carbocycles. The van der Waals surface area contributed by atoms with E-state index in [0.717, 1.165) is 51.9 Å². The first-order valence-electron chi connectivity index (χ1n) is 10.1. The van der Waals surface area contributed by atoms with E-state index in [1.165, 1.54) is 11.1 Å². The van der Waals surface area contributed by atoms with Crippen molar-refractivity contribution in [2.45, 2.75) is 44.7 Å². The summed E-state index contributed by atoms with van der Waals surface area (Å²) in [6.45, 7) is 6.46. The van der Waals surface area contributed by atoms with Crippen LogP contribution in [0.15, 0.2) is 24.3 Å². The van der Waals surface area contributed by atoms with Gasteiger partial charge in [-0.3, -0.25) is 14.5 Å². The van der Waals surface area contributed by atoms with Crippen molar-refractivity contribution in [1.82, 2.24) is 20.4 Å². The van der Waals surface area contributed by atoms with Crippen LogP contribution in [0.5, 0.6) is 0 Å². The highest BCUT2D eigenvalue weighted by Gasteiger charge is 2.26. The molecule has 6 heteroatoms. The van der Waals surface area contributed by atoms with Crippen molar-refractivity contribution >= 4 is 11.8 Å². The lowest BCUT2D eigenvalue weighted by Crippen LogP contribution is -2.50. The molecular weight excluding hydrogens is 340 g/mol. The molecule has 27 heavy (non-hydrogen) atoms.